The molecule has 0 fully saturated rings. The van der Waals surface area contributed by atoms with Crippen LogP contribution in [0.15, 0.2) is 134 Å². The lowest BCUT2D eigenvalue weighted by Crippen LogP contribution is -2.29. The van der Waals surface area contributed by atoms with Gasteiger partial charge in [-0.2, -0.15) is 0 Å². The molecule has 0 aliphatic rings. The van der Waals surface area contributed by atoms with E-state index in [-0.39, 0.29) is 38.6 Å². The van der Waals surface area contributed by atoms with Crippen molar-refractivity contribution in [2.75, 3.05) is 26.4 Å². The van der Waals surface area contributed by atoms with Crippen LogP contribution in [0.2, 0.25) is 0 Å². The van der Waals surface area contributed by atoms with E-state index >= 15 is 0 Å². The second kappa shape index (κ2) is 67.3. The molecule has 474 valence electrons. The molecular weight excluding hydrogens is 1050 g/mol. The van der Waals surface area contributed by atoms with Crippen molar-refractivity contribution in [2.45, 2.75) is 290 Å². The molecule has 2 atom stereocenters. The van der Waals surface area contributed by atoms with Crippen LogP contribution in [0.1, 0.15) is 284 Å². The van der Waals surface area contributed by atoms with E-state index in [0.29, 0.717) is 6.42 Å². The van der Waals surface area contributed by atoms with E-state index < -0.39 is 26.5 Å². The molecule has 0 aromatic heterocycles. The summed E-state index contributed by atoms with van der Waals surface area (Å²) in [4.78, 5) is 35.3. The van der Waals surface area contributed by atoms with Gasteiger partial charge in [-0.25, -0.2) is 4.57 Å². The number of rotatable bonds is 62. The largest absolute Gasteiger partial charge is 0.472 e. The molecular formula is C73H124NO8P. The minimum absolute atomic E-state index is 0.0446. The van der Waals surface area contributed by atoms with Crippen molar-refractivity contribution in [1.29, 1.82) is 0 Å². The quantitative estimate of drug-likeness (QED) is 0.0264. The van der Waals surface area contributed by atoms with Crippen molar-refractivity contribution in [3.8, 4) is 0 Å². The van der Waals surface area contributed by atoms with Crippen LogP contribution in [0.4, 0.5) is 0 Å². The molecule has 0 amide bonds. The molecule has 0 aliphatic carbocycles. The van der Waals surface area contributed by atoms with Crippen LogP contribution in [0.3, 0.4) is 0 Å². The Morgan fingerprint density at radius 3 is 0.988 bits per heavy atom. The maximum absolute atomic E-state index is 12.8. The third-order valence-electron chi connectivity index (χ3n) is 14.0. The standard InChI is InChI=1S/C73H124NO8P/c1-3-5-7-9-11-13-15-17-19-21-23-25-27-29-31-33-35-37-39-41-43-45-47-49-51-53-55-57-59-61-63-65-72(75)79-69-71(70-81-83(77,78)80-68-67-74)82-73(76)66-64-62-60-58-56-54-52-50-48-46-44-42-40-38-36-34-32-30-28-26-24-22-20-18-16-14-12-10-8-6-4-2/h6,8,12,14-15,17-18,20-21,23-24,26-27,29-30,32,36,38,42,44,48,50,71H,3-5,7,9-11,13,16,19,22,25,28,31,33-35,37,39-41,43,45-47,49,51-70,74H2,1-2H3,(H,77,78)/b8-6-,14-12-,17-15-,20-18-,23-21-,26-24-,29-27-,32-30-,38-36-,44-42-,50-48-. The van der Waals surface area contributed by atoms with Gasteiger partial charge < -0.3 is 20.1 Å². The van der Waals surface area contributed by atoms with Crippen molar-refractivity contribution >= 4 is 19.8 Å². The number of unbranched alkanes of at least 4 members (excludes halogenated alkanes) is 27. The Morgan fingerprint density at radius 2 is 0.663 bits per heavy atom. The van der Waals surface area contributed by atoms with Crippen LogP contribution in [0, 0.1) is 0 Å². The zero-order valence-corrected chi connectivity index (χ0v) is 54.0. The van der Waals surface area contributed by atoms with Gasteiger partial charge in [-0.15, -0.1) is 0 Å². The van der Waals surface area contributed by atoms with Gasteiger partial charge >= 0.3 is 19.8 Å². The third kappa shape index (κ3) is 67.2. The Labute approximate surface area is 510 Å². The zero-order chi connectivity index (χ0) is 60.1. The van der Waals surface area contributed by atoms with Gasteiger partial charge in [0, 0.05) is 19.4 Å². The molecule has 0 bridgehead atoms. The number of carbonyl (C=O) groups excluding carboxylic acids is 2. The molecule has 10 heteroatoms. The average molecular weight is 1170 g/mol. The maximum Gasteiger partial charge on any atom is 0.472 e. The van der Waals surface area contributed by atoms with Crippen LogP contribution in [-0.2, 0) is 32.7 Å². The summed E-state index contributed by atoms with van der Waals surface area (Å²) in [6, 6.07) is 0. The lowest BCUT2D eigenvalue weighted by Gasteiger charge is -2.19. The summed E-state index contributed by atoms with van der Waals surface area (Å²) >= 11 is 0. The molecule has 0 saturated carbocycles. The minimum atomic E-state index is -4.41. The zero-order valence-electron chi connectivity index (χ0n) is 53.1. The van der Waals surface area contributed by atoms with Crippen LogP contribution < -0.4 is 5.73 Å². The number of hydrogen-bond donors (Lipinski definition) is 2. The van der Waals surface area contributed by atoms with E-state index in [2.05, 4.69) is 148 Å². The Morgan fingerprint density at radius 1 is 0.373 bits per heavy atom. The van der Waals surface area contributed by atoms with Gasteiger partial charge in [0.25, 0.3) is 0 Å². The first-order valence-corrected chi connectivity index (χ1v) is 35.2. The molecule has 0 saturated heterocycles. The molecule has 3 N–H and O–H groups in total. The van der Waals surface area contributed by atoms with Gasteiger partial charge in [0.1, 0.15) is 6.61 Å². The summed E-state index contributed by atoms with van der Waals surface area (Å²) in [6.07, 6.45) is 95.2. The van der Waals surface area contributed by atoms with E-state index in [9.17, 15) is 19.0 Å². The highest BCUT2D eigenvalue weighted by Gasteiger charge is 2.26. The van der Waals surface area contributed by atoms with Crippen LogP contribution >= 0.6 is 7.82 Å². The molecule has 0 spiro atoms. The SMILES string of the molecule is CC/C=C\C/C=C\C/C=C\C/C=C\C/C=C\C/C=C\C/C=C\C/C=C\CCCCCCCCC(=O)OC(COC(=O)CCCCCCCCCCCCCCCCCC/C=C\C/C=C\C/C=C\CCCCCCC)COP(=O)(O)OCCN. The number of phosphoric ester groups is 1. The smallest absolute Gasteiger partial charge is 0.462 e. The number of allylic oxidation sites excluding steroid dienone is 22. The molecule has 0 rings (SSSR count). The lowest BCUT2D eigenvalue weighted by molar-refractivity contribution is -0.161. The number of nitrogens with two attached hydrogens (primary N) is 1. The van der Waals surface area contributed by atoms with Crippen molar-refractivity contribution < 1.29 is 37.6 Å². The maximum atomic E-state index is 12.8. The van der Waals surface area contributed by atoms with Crippen LogP contribution in [0.25, 0.3) is 0 Å². The average Bonchev–Trinajstić information content (AvgIpc) is 3.48. The van der Waals surface area contributed by atoms with E-state index in [1.165, 1.54) is 128 Å². The van der Waals surface area contributed by atoms with Crippen molar-refractivity contribution in [1.82, 2.24) is 0 Å². The summed E-state index contributed by atoms with van der Waals surface area (Å²) in [7, 11) is -4.41. The Kier molecular flexibility index (Phi) is 64.2. The second-order valence-electron chi connectivity index (χ2n) is 22.0. The topological polar surface area (TPSA) is 134 Å². The van der Waals surface area contributed by atoms with Crippen LogP contribution in [-0.4, -0.2) is 49.3 Å². The second-order valence-corrected chi connectivity index (χ2v) is 23.4. The summed E-state index contributed by atoms with van der Waals surface area (Å²) in [5.74, 6) is -0.846. The highest BCUT2D eigenvalue weighted by atomic mass is 31.2. The fraction of sp³-hybridized carbons (Fsp3) is 0.671. The van der Waals surface area contributed by atoms with Gasteiger partial charge in [-0.3, -0.25) is 18.6 Å². The van der Waals surface area contributed by atoms with Crippen molar-refractivity contribution in [2.24, 2.45) is 5.73 Å². The molecule has 0 aromatic rings. The van der Waals surface area contributed by atoms with E-state index in [1.807, 2.05) is 0 Å². The molecule has 0 aliphatic heterocycles. The summed E-state index contributed by atoms with van der Waals surface area (Å²) in [6.45, 7) is 3.61. The number of esters is 2. The first-order chi connectivity index (χ1) is 40.8. The summed E-state index contributed by atoms with van der Waals surface area (Å²) < 4.78 is 33.1. The third-order valence-corrected chi connectivity index (χ3v) is 15.0. The first-order valence-electron chi connectivity index (χ1n) is 33.7. The van der Waals surface area contributed by atoms with Gasteiger partial charge in [-0.05, 0) is 116 Å². The lowest BCUT2D eigenvalue weighted by atomic mass is 10.0. The number of phosphoric acid groups is 1. The highest BCUT2D eigenvalue weighted by Crippen LogP contribution is 2.43. The van der Waals surface area contributed by atoms with Crippen molar-refractivity contribution in [3.05, 3.63) is 134 Å². The van der Waals surface area contributed by atoms with E-state index in [1.54, 1.807) is 0 Å². The molecule has 2 unspecified atom stereocenters. The first kappa shape index (κ1) is 79.2. The van der Waals surface area contributed by atoms with Gasteiger partial charge in [0.15, 0.2) is 6.10 Å². The monoisotopic (exact) mass is 1170 g/mol. The predicted molar refractivity (Wildman–Crippen MR) is 357 cm³/mol. The summed E-state index contributed by atoms with van der Waals surface area (Å²) in [5, 5.41) is 0. The molecule has 9 nitrogen and oxygen atoms in total. The molecule has 83 heavy (non-hydrogen) atoms. The molecule has 0 aromatic carbocycles. The predicted octanol–water partition coefficient (Wildman–Crippen LogP) is 22.1. The number of hydrogen-bond acceptors (Lipinski definition) is 8. The fourth-order valence-corrected chi connectivity index (χ4v) is 9.84. The normalized spacial score (nSPS) is 13.8. The van der Waals surface area contributed by atoms with Gasteiger partial charge in [-0.1, -0.05) is 289 Å². The Bertz CT molecular complexity index is 1820. The molecule has 0 heterocycles. The van der Waals surface area contributed by atoms with E-state index in [0.717, 1.165) is 122 Å². The fourth-order valence-electron chi connectivity index (χ4n) is 9.07. The van der Waals surface area contributed by atoms with Crippen LogP contribution in [0.5, 0.6) is 0 Å². The minimum Gasteiger partial charge on any atom is -0.462 e. The van der Waals surface area contributed by atoms with E-state index in [4.69, 9.17) is 24.3 Å². The summed E-state index contributed by atoms with van der Waals surface area (Å²) in [5.41, 5.74) is 5.40. The Balaban J connectivity index is 3.98. The molecule has 0 radical (unpaired) electrons. The van der Waals surface area contributed by atoms with Gasteiger partial charge in [0.05, 0.1) is 13.2 Å². The number of carbonyl (C=O) groups is 2. The van der Waals surface area contributed by atoms with Crippen molar-refractivity contribution in [3.63, 3.8) is 0 Å². The number of ether oxygens (including phenoxy) is 2. The Hall–Kier alpha value is -3.85. The highest BCUT2D eigenvalue weighted by molar-refractivity contribution is 7.47. The van der Waals surface area contributed by atoms with Gasteiger partial charge in [0.2, 0.25) is 0 Å².